The quantitative estimate of drug-likeness (QED) is 0.884. The second-order valence-corrected chi connectivity index (χ2v) is 6.78. The molecule has 2 aromatic heterocycles. The summed E-state index contributed by atoms with van der Waals surface area (Å²) in [4.78, 5) is 3.90. The molecule has 1 N–H and O–H groups in total. The second kappa shape index (κ2) is 5.20. The van der Waals surface area contributed by atoms with Crippen molar-refractivity contribution < 1.29 is 12.8 Å². The van der Waals surface area contributed by atoms with Gasteiger partial charge in [0.15, 0.2) is 0 Å². The van der Waals surface area contributed by atoms with E-state index >= 15 is 0 Å². The molecule has 0 radical (unpaired) electrons. The van der Waals surface area contributed by atoms with Gasteiger partial charge in [-0.05, 0) is 31.0 Å². The average Bonchev–Trinajstić information content (AvgIpc) is 2.88. The van der Waals surface area contributed by atoms with Crippen molar-refractivity contribution in [3.63, 3.8) is 0 Å². The lowest BCUT2D eigenvalue weighted by molar-refractivity contribution is 0.438. The summed E-state index contributed by atoms with van der Waals surface area (Å²) in [7, 11) is -3.62. The average molecular weight is 313 g/mol. The zero-order valence-electron chi connectivity index (χ0n) is 10.5. The van der Waals surface area contributed by atoms with E-state index in [0.29, 0.717) is 0 Å². The molecule has 0 aliphatic heterocycles. The van der Waals surface area contributed by atoms with Gasteiger partial charge in [-0.3, -0.25) is 0 Å². The SMILES string of the molecule is O=S(=O)(NC1CCCc2occc21)c1ccnc(Cl)c1. The van der Waals surface area contributed by atoms with Crippen LogP contribution in [0.5, 0.6) is 0 Å². The fourth-order valence-corrected chi connectivity index (χ4v) is 3.92. The van der Waals surface area contributed by atoms with Gasteiger partial charge in [0.05, 0.1) is 17.2 Å². The van der Waals surface area contributed by atoms with Crippen LogP contribution in [0.3, 0.4) is 0 Å². The summed E-state index contributed by atoms with van der Waals surface area (Å²) in [5.74, 6) is 0.858. The van der Waals surface area contributed by atoms with Crippen molar-refractivity contribution in [2.45, 2.75) is 30.2 Å². The number of hydrogen-bond donors (Lipinski definition) is 1. The Hall–Kier alpha value is -1.37. The minimum Gasteiger partial charge on any atom is -0.469 e. The fraction of sp³-hybridized carbons (Fsp3) is 0.308. The monoisotopic (exact) mass is 312 g/mol. The Bertz CT molecular complexity index is 727. The Morgan fingerprint density at radius 3 is 3.05 bits per heavy atom. The zero-order valence-corrected chi connectivity index (χ0v) is 12.1. The van der Waals surface area contributed by atoms with Gasteiger partial charge in [0.1, 0.15) is 10.9 Å². The number of aryl methyl sites for hydroxylation is 1. The minimum absolute atomic E-state index is 0.119. The van der Waals surface area contributed by atoms with Crippen molar-refractivity contribution in [2.75, 3.05) is 0 Å². The first-order valence-electron chi connectivity index (χ1n) is 6.26. The highest BCUT2D eigenvalue weighted by molar-refractivity contribution is 7.89. The molecule has 20 heavy (non-hydrogen) atoms. The molecule has 2 aromatic rings. The van der Waals surface area contributed by atoms with Crippen LogP contribution in [-0.2, 0) is 16.4 Å². The third-order valence-corrected chi connectivity index (χ3v) is 5.03. The van der Waals surface area contributed by atoms with Gasteiger partial charge < -0.3 is 4.42 Å². The van der Waals surface area contributed by atoms with Crippen LogP contribution in [0, 0.1) is 0 Å². The maximum atomic E-state index is 12.4. The van der Waals surface area contributed by atoms with Gasteiger partial charge in [-0.25, -0.2) is 18.1 Å². The summed E-state index contributed by atoms with van der Waals surface area (Å²) >= 11 is 5.74. The Kier molecular flexibility index (Phi) is 3.54. The number of halogens is 1. The number of aromatic nitrogens is 1. The first-order valence-corrected chi connectivity index (χ1v) is 8.12. The van der Waals surface area contributed by atoms with Gasteiger partial charge in [0.2, 0.25) is 10.0 Å². The number of nitrogens with one attached hydrogen (secondary N) is 1. The molecule has 0 saturated heterocycles. The molecule has 1 aliphatic rings. The molecule has 1 aliphatic carbocycles. The van der Waals surface area contributed by atoms with E-state index in [2.05, 4.69) is 9.71 Å². The highest BCUT2D eigenvalue weighted by atomic mass is 35.5. The van der Waals surface area contributed by atoms with Crippen LogP contribution in [-0.4, -0.2) is 13.4 Å². The summed E-state index contributed by atoms with van der Waals surface area (Å²) in [6.45, 7) is 0. The normalized spacial score (nSPS) is 18.8. The minimum atomic E-state index is -3.62. The number of nitrogens with zero attached hydrogens (tertiary/aromatic N) is 1. The van der Waals surface area contributed by atoms with Gasteiger partial charge in [-0.1, -0.05) is 11.6 Å². The van der Waals surface area contributed by atoms with E-state index in [-0.39, 0.29) is 16.1 Å². The van der Waals surface area contributed by atoms with Crippen molar-refractivity contribution in [1.29, 1.82) is 0 Å². The van der Waals surface area contributed by atoms with Gasteiger partial charge in [-0.15, -0.1) is 0 Å². The summed E-state index contributed by atoms with van der Waals surface area (Å²) in [6.07, 6.45) is 5.47. The highest BCUT2D eigenvalue weighted by Crippen LogP contribution is 2.31. The number of pyridine rings is 1. The standard InChI is InChI=1S/C13H13ClN2O3S/c14-13-8-9(4-6-15-13)20(17,18)16-11-2-1-3-12-10(11)5-7-19-12/h4-8,11,16H,1-3H2. The summed E-state index contributed by atoms with van der Waals surface area (Å²) in [5.41, 5.74) is 0.917. The predicted molar refractivity (Wildman–Crippen MR) is 74.0 cm³/mol. The lowest BCUT2D eigenvalue weighted by atomic mass is 9.94. The Balaban J connectivity index is 1.89. The summed E-state index contributed by atoms with van der Waals surface area (Å²) in [6, 6.07) is 4.33. The molecule has 0 aromatic carbocycles. The molecule has 0 bridgehead atoms. The van der Waals surface area contributed by atoms with Crippen molar-refractivity contribution in [3.8, 4) is 0 Å². The van der Waals surface area contributed by atoms with E-state index in [9.17, 15) is 8.42 Å². The maximum absolute atomic E-state index is 12.4. The molecule has 106 valence electrons. The van der Waals surface area contributed by atoms with E-state index in [0.717, 1.165) is 30.6 Å². The molecule has 0 saturated carbocycles. The molecule has 0 amide bonds. The van der Waals surface area contributed by atoms with E-state index < -0.39 is 10.0 Å². The van der Waals surface area contributed by atoms with Crippen LogP contribution >= 0.6 is 11.6 Å². The van der Waals surface area contributed by atoms with Crippen LogP contribution in [0.1, 0.15) is 30.2 Å². The first-order chi connectivity index (χ1) is 9.56. The van der Waals surface area contributed by atoms with Gasteiger partial charge >= 0.3 is 0 Å². The summed E-state index contributed by atoms with van der Waals surface area (Å²) in [5, 5.41) is 0.153. The number of rotatable bonds is 3. The van der Waals surface area contributed by atoms with E-state index in [1.165, 1.54) is 18.3 Å². The van der Waals surface area contributed by atoms with Crippen LogP contribution < -0.4 is 4.72 Å². The zero-order chi connectivity index (χ0) is 14.2. The molecule has 1 atom stereocenters. The maximum Gasteiger partial charge on any atom is 0.241 e. The molecular weight excluding hydrogens is 300 g/mol. The van der Waals surface area contributed by atoms with Gasteiger partial charge in [-0.2, -0.15) is 0 Å². The Morgan fingerprint density at radius 2 is 2.25 bits per heavy atom. The first kappa shape index (κ1) is 13.6. The molecule has 0 fully saturated rings. The Morgan fingerprint density at radius 1 is 1.40 bits per heavy atom. The molecule has 0 spiro atoms. The molecule has 5 nitrogen and oxygen atoms in total. The van der Waals surface area contributed by atoms with Crippen molar-refractivity contribution in [2.24, 2.45) is 0 Å². The van der Waals surface area contributed by atoms with E-state index in [1.807, 2.05) is 6.07 Å². The lowest BCUT2D eigenvalue weighted by Gasteiger charge is -2.22. The van der Waals surface area contributed by atoms with E-state index in [1.54, 1.807) is 6.26 Å². The number of hydrogen-bond acceptors (Lipinski definition) is 4. The topological polar surface area (TPSA) is 72.2 Å². The molecule has 1 unspecified atom stereocenters. The second-order valence-electron chi connectivity index (χ2n) is 4.68. The predicted octanol–water partition coefficient (Wildman–Crippen LogP) is 2.68. The van der Waals surface area contributed by atoms with Crippen molar-refractivity contribution in [3.05, 3.63) is 47.1 Å². The molecule has 7 heteroatoms. The Labute approximate surface area is 122 Å². The van der Waals surface area contributed by atoms with E-state index in [4.69, 9.17) is 16.0 Å². The van der Waals surface area contributed by atoms with Gasteiger partial charge in [0.25, 0.3) is 0 Å². The van der Waals surface area contributed by atoms with Crippen LogP contribution in [0.15, 0.2) is 40.0 Å². The number of fused-ring (bicyclic) bond motifs is 1. The third-order valence-electron chi connectivity index (χ3n) is 3.36. The molecular formula is C13H13ClN2O3S. The number of furan rings is 1. The number of sulfonamides is 1. The molecule has 2 heterocycles. The van der Waals surface area contributed by atoms with Gasteiger partial charge in [0, 0.05) is 18.2 Å². The summed E-state index contributed by atoms with van der Waals surface area (Å²) < 4.78 is 32.8. The van der Waals surface area contributed by atoms with Crippen LogP contribution in [0.4, 0.5) is 0 Å². The van der Waals surface area contributed by atoms with Crippen molar-refractivity contribution in [1.82, 2.24) is 9.71 Å². The largest absolute Gasteiger partial charge is 0.469 e. The van der Waals surface area contributed by atoms with Crippen LogP contribution in [0.25, 0.3) is 0 Å². The fourth-order valence-electron chi connectivity index (χ4n) is 2.42. The van der Waals surface area contributed by atoms with Crippen LogP contribution in [0.2, 0.25) is 5.15 Å². The third kappa shape index (κ3) is 2.59. The highest BCUT2D eigenvalue weighted by Gasteiger charge is 2.27. The van der Waals surface area contributed by atoms with Crippen molar-refractivity contribution >= 4 is 21.6 Å². The smallest absolute Gasteiger partial charge is 0.241 e. The lowest BCUT2D eigenvalue weighted by Crippen LogP contribution is -2.30. The molecule has 3 rings (SSSR count).